The van der Waals surface area contributed by atoms with Crippen LogP contribution in [0.25, 0.3) is 0 Å². The van der Waals surface area contributed by atoms with Crippen molar-refractivity contribution >= 4 is 44.9 Å². The Balaban J connectivity index is 1.70. The number of carbonyl (C=O) groups is 2. The van der Waals surface area contributed by atoms with Gasteiger partial charge in [-0.15, -0.1) is 0 Å². The number of halogens is 1. The fourth-order valence-corrected chi connectivity index (χ4v) is 4.78. The standard InChI is InChI=1S/C24H23ClN2O5S/c1-3-27(20-9-5-4-6-10-20)33(30,31)21-11-7-8-18(14-21)24(29)32-16-23(28)26-19-13-12-17(2)22(25)15-19/h4-15H,3,16H2,1-2H3,(H,26,28). The van der Waals surface area contributed by atoms with Crippen molar-refractivity contribution in [1.29, 1.82) is 0 Å². The molecule has 0 atom stereocenters. The summed E-state index contributed by atoms with van der Waals surface area (Å²) in [7, 11) is -3.91. The number of hydrogen-bond acceptors (Lipinski definition) is 5. The lowest BCUT2D eigenvalue weighted by molar-refractivity contribution is -0.119. The minimum absolute atomic E-state index is 0.0198. The van der Waals surface area contributed by atoms with Crippen LogP contribution in [-0.2, 0) is 19.6 Å². The van der Waals surface area contributed by atoms with Crippen molar-refractivity contribution in [3.8, 4) is 0 Å². The minimum atomic E-state index is -3.91. The number of hydrogen-bond donors (Lipinski definition) is 1. The van der Waals surface area contributed by atoms with Crippen LogP contribution >= 0.6 is 11.6 Å². The number of ether oxygens (including phenoxy) is 1. The summed E-state index contributed by atoms with van der Waals surface area (Å²) in [5.74, 6) is -1.36. The van der Waals surface area contributed by atoms with Gasteiger partial charge in [0.1, 0.15) is 0 Å². The Morgan fingerprint density at radius 1 is 1.00 bits per heavy atom. The molecule has 0 heterocycles. The summed E-state index contributed by atoms with van der Waals surface area (Å²) in [6.45, 7) is 3.24. The average Bonchev–Trinajstić information content (AvgIpc) is 2.81. The molecule has 0 saturated heterocycles. The van der Waals surface area contributed by atoms with Crippen LogP contribution in [0.5, 0.6) is 0 Å². The highest BCUT2D eigenvalue weighted by Gasteiger charge is 2.24. The SMILES string of the molecule is CCN(c1ccccc1)S(=O)(=O)c1cccc(C(=O)OCC(=O)Nc2ccc(C)c(Cl)c2)c1. The van der Waals surface area contributed by atoms with Crippen LogP contribution in [0.3, 0.4) is 0 Å². The Morgan fingerprint density at radius 3 is 2.39 bits per heavy atom. The molecule has 33 heavy (non-hydrogen) atoms. The van der Waals surface area contributed by atoms with E-state index in [9.17, 15) is 18.0 Å². The molecular formula is C24H23ClN2O5S. The molecule has 3 aromatic carbocycles. The van der Waals surface area contributed by atoms with Crippen molar-refractivity contribution in [2.45, 2.75) is 18.7 Å². The molecule has 3 rings (SSSR count). The zero-order chi connectivity index (χ0) is 24.0. The topological polar surface area (TPSA) is 92.8 Å². The lowest BCUT2D eigenvalue weighted by Crippen LogP contribution is -2.30. The average molecular weight is 487 g/mol. The van der Waals surface area contributed by atoms with E-state index in [1.54, 1.807) is 55.5 Å². The summed E-state index contributed by atoms with van der Waals surface area (Å²) in [6.07, 6.45) is 0. The number of esters is 1. The number of para-hydroxylation sites is 1. The molecule has 0 unspecified atom stereocenters. The Kier molecular flexibility index (Phi) is 7.73. The third kappa shape index (κ3) is 5.91. The molecule has 0 saturated carbocycles. The maximum absolute atomic E-state index is 13.2. The van der Waals surface area contributed by atoms with Crippen molar-refractivity contribution in [2.24, 2.45) is 0 Å². The molecule has 172 valence electrons. The summed E-state index contributed by atoms with van der Waals surface area (Å²) in [5.41, 5.74) is 1.87. The van der Waals surface area contributed by atoms with E-state index in [-0.39, 0.29) is 17.0 Å². The molecule has 0 spiro atoms. The van der Waals surface area contributed by atoms with E-state index in [0.717, 1.165) is 5.56 Å². The van der Waals surface area contributed by atoms with E-state index in [0.29, 0.717) is 16.4 Å². The normalized spacial score (nSPS) is 11.0. The first-order valence-corrected chi connectivity index (χ1v) is 11.9. The zero-order valence-electron chi connectivity index (χ0n) is 18.1. The molecule has 0 radical (unpaired) electrons. The molecule has 3 aromatic rings. The fourth-order valence-electron chi connectivity index (χ4n) is 3.08. The van der Waals surface area contributed by atoms with Gasteiger partial charge >= 0.3 is 5.97 Å². The molecule has 1 N–H and O–H groups in total. The third-order valence-corrected chi connectivity index (χ3v) is 7.09. The van der Waals surface area contributed by atoms with E-state index in [4.69, 9.17) is 16.3 Å². The lowest BCUT2D eigenvalue weighted by atomic mass is 10.2. The molecule has 0 fully saturated rings. The molecular weight excluding hydrogens is 464 g/mol. The van der Waals surface area contributed by atoms with Gasteiger partial charge in [0.05, 0.1) is 16.1 Å². The predicted octanol–water partition coefficient (Wildman–Crippen LogP) is 4.66. The highest BCUT2D eigenvalue weighted by Crippen LogP contribution is 2.24. The van der Waals surface area contributed by atoms with Crippen LogP contribution in [0.2, 0.25) is 5.02 Å². The lowest BCUT2D eigenvalue weighted by Gasteiger charge is -2.23. The van der Waals surface area contributed by atoms with Gasteiger partial charge in [0.25, 0.3) is 15.9 Å². The molecule has 0 aliphatic rings. The van der Waals surface area contributed by atoms with Crippen molar-refractivity contribution in [3.63, 3.8) is 0 Å². The second kappa shape index (κ2) is 10.5. The monoisotopic (exact) mass is 486 g/mol. The van der Waals surface area contributed by atoms with Crippen LogP contribution < -0.4 is 9.62 Å². The van der Waals surface area contributed by atoms with Gasteiger partial charge in [-0.3, -0.25) is 9.10 Å². The van der Waals surface area contributed by atoms with E-state index < -0.39 is 28.5 Å². The summed E-state index contributed by atoms with van der Waals surface area (Å²) in [5, 5.41) is 3.09. The van der Waals surface area contributed by atoms with Crippen LogP contribution in [0.1, 0.15) is 22.8 Å². The molecule has 0 aliphatic heterocycles. The Morgan fingerprint density at radius 2 is 1.73 bits per heavy atom. The second-order valence-corrected chi connectivity index (χ2v) is 9.39. The van der Waals surface area contributed by atoms with Gasteiger partial charge in [-0.05, 0) is 61.9 Å². The number of carbonyl (C=O) groups excluding carboxylic acids is 2. The Labute approximate surface area is 198 Å². The highest BCUT2D eigenvalue weighted by atomic mass is 35.5. The van der Waals surface area contributed by atoms with Gasteiger partial charge in [-0.25, -0.2) is 13.2 Å². The number of nitrogens with one attached hydrogen (secondary N) is 1. The number of nitrogens with zero attached hydrogens (tertiary/aromatic N) is 1. The first-order valence-electron chi connectivity index (χ1n) is 10.1. The second-order valence-electron chi connectivity index (χ2n) is 7.12. The summed E-state index contributed by atoms with van der Waals surface area (Å²) in [4.78, 5) is 24.5. The largest absolute Gasteiger partial charge is 0.452 e. The van der Waals surface area contributed by atoms with Crippen LogP contribution in [0, 0.1) is 6.92 Å². The highest BCUT2D eigenvalue weighted by molar-refractivity contribution is 7.92. The van der Waals surface area contributed by atoms with Gasteiger partial charge in [0.2, 0.25) is 0 Å². The number of anilines is 2. The van der Waals surface area contributed by atoms with Crippen LogP contribution in [-0.4, -0.2) is 33.4 Å². The van der Waals surface area contributed by atoms with E-state index in [2.05, 4.69) is 5.32 Å². The van der Waals surface area contributed by atoms with Crippen molar-refractivity contribution in [2.75, 3.05) is 22.8 Å². The maximum Gasteiger partial charge on any atom is 0.338 e. The van der Waals surface area contributed by atoms with Gasteiger partial charge in [-0.1, -0.05) is 41.9 Å². The number of aryl methyl sites for hydroxylation is 1. The van der Waals surface area contributed by atoms with Gasteiger partial charge in [0.15, 0.2) is 6.61 Å². The van der Waals surface area contributed by atoms with E-state index in [1.165, 1.54) is 28.6 Å². The Bertz CT molecular complexity index is 1260. The smallest absolute Gasteiger partial charge is 0.338 e. The summed E-state index contributed by atoms with van der Waals surface area (Å²) < 4.78 is 32.6. The van der Waals surface area contributed by atoms with Gasteiger partial charge < -0.3 is 10.1 Å². The van der Waals surface area contributed by atoms with Gasteiger partial charge in [0, 0.05) is 17.3 Å². The van der Waals surface area contributed by atoms with Crippen molar-refractivity contribution < 1.29 is 22.7 Å². The molecule has 0 aliphatic carbocycles. The number of benzene rings is 3. The molecule has 0 aromatic heterocycles. The van der Waals surface area contributed by atoms with E-state index in [1.807, 2.05) is 6.92 Å². The van der Waals surface area contributed by atoms with E-state index >= 15 is 0 Å². The predicted molar refractivity (Wildman–Crippen MR) is 128 cm³/mol. The number of amides is 1. The molecule has 0 bridgehead atoms. The number of rotatable bonds is 8. The van der Waals surface area contributed by atoms with Crippen LogP contribution in [0.4, 0.5) is 11.4 Å². The molecule has 1 amide bonds. The molecule has 7 nitrogen and oxygen atoms in total. The zero-order valence-corrected chi connectivity index (χ0v) is 19.7. The minimum Gasteiger partial charge on any atom is -0.452 e. The van der Waals surface area contributed by atoms with Crippen molar-refractivity contribution in [3.05, 3.63) is 88.9 Å². The quantitative estimate of drug-likeness (QED) is 0.467. The first kappa shape index (κ1) is 24.3. The fraction of sp³-hybridized carbons (Fsp3) is 0.167. The Hall–Kier alpha value is -3.36. The maximum atomic E-state index is 13.2. The van der Waals surface area contributed by atoms with Crippen molar-refractivity contribution in [1.82, 2.24) is 0 Å². The first-order chi connectivity index (χ1) is 15.7. The third-order valence-electron chi connectivity index (χ3n) is 4.78. The van der Waals surface area contributed by atoms with Crippen LogP contribution in [0.15, 0.2) is 77.7 Å². The van der Waals surface area contributed by atoms with Gasteiger partial charge in [-0.2, -0.15) is 0 Å². The summed E-state index contributed by atoms with van der Waals surface area (Å²) in [6, 6.07) is 19.2. The number of sulfonamides is 1. The molecule has 9 heteroatoms. The summed E-state index contributed by atoms with van der Waals surface area (Å²) >= 11 is 6.04.